The normalized spacial score (nSPS) is 14.2. The summed E-state index contributed by atoms with van der Waals surface area (Å²) in [6, 6.07) is 7.19. The maximum atomic E-state index is 14.1. The van der Waals surface area contributed by atoms with Crippen molar-refractivity contribution in [3.8, 4) is 11.5 Å². The van der Waals surface area contributed by atoms with E-state index in [1.54, 1.807) is 25.1 Å². The average Bonchev–Trinajstić information content (AvgIpc) is 2.65. The lowest BCUT2D eigenvalue weighted by atomic mass is 10.1. The zero-order valence-electron chi connectivity index (χ0n) is 15.8. The topological polar surface area (TPSA) is 84.9 Å². The lowest BCUT2D eigenvalue weighted by Crippen LogP contribution is -2.41. The second kappa shape index (κ2) is 8.24. The van der Waals surface area contributed by atoms with E-state index < -0.39 is 45.8 Å². The molecule has 0 aromatic heterocycles. The van der Waals surface area contributed by atoms with Crippen LogP contribution in [0.3, 0.4) is 0 Å². The molecule has 1 aliphatic rings. The highest BCUT2D eigenvalue weighted by Crippen LogP contribution is 2.32. The lowest BCUT2D eigenvalue weighted by Gasteiger charge is -2.24. The molecule has 1 heterocycles. The third kappa shape index (κ3) is 4.94. The second-order valence-corrected chi connectivity index (χ2v) is 8.46. The third-order valence-electron chi connectivity index (χ3n) is 4.31. The Bertz CT molecular complexity index is 1030. The minimum absolute atomic E-state index is 0.406. The molecule has 0 aliphatic carbocycles. The average molecular weight is 426 g/mol. The Morgan fingerprint density at radius 3 is 2.48 bits per heavy atom. The number of hydrogen-bond donors (Lipinski definition) is 1. The molecule has 0 spiro atoms. The van der Waals surface area contributed by atoms with Gasteiger partial charge in [-0.3, -0.25) is 9.10 Å². The molecule has 1 amide bonds. The summed E-state index contributed by atoms with van der Waals surface area (Å²) < 4.78 is 62.9. The van der Waals surface area contributed by atoms with Crippen LogP contribution >= 0.6 is 0 Å². The SMILES string of the molecule is C[C@@H](NC(=O)CN(c1ccc(F)cc1F)S(C)(=O)=O)c1ccc2c(c1)OCCO2. The summed E-state index contributed by atoms with van der Waals surface area (Å²) in [6.45, 7) is 1.94. The van der Waals surface area contributed by atoms with Gasteiger partial charge in [-0.05, 0) is 36.8 Å². The highest BCUT2D eigenvalue weighted by Gasteiger charge is 2.25. The van der Waals surface area contributed by atoms with Crippen LogP contribution in [0.25, 0.3) is 0 Å². The van der Waals surface area contributed by atoms with Gasteiger partial charge in [0, 0.05) is 6.07 Å². The molecule has 156 valence electrons. The van der Waals surface area contributed by atoms with Crippen molar-refractivity contribution < 1.29 is 31.5 Å². The molecule has 0 bridgehead atoms. The van der Waals surface area contributed by atoms with Crippen LogP contribution in [0.1, 0.15) is 18.5 Å². The Kier molecular flexibility index (Phi) is 5.92. The van der Waals surface area contributed by atoms with E-state index in [0.717, 1.165) is 24.0 Å². The first-order chi connectivity index (χ1) is 13.6. The molecule has 0 saturated carbocycles. The molecule has 10 heteroatoms. The lowest BCUT2D eigenvalue weighted by molar-refractivity contribution is -0.120. The Labute approximate surface area is 167 Å². The first kappa shape index (κ1) is 20.8. The first-order valence-electron chi connectivity index (χ1n) is 8.77. The van der Waals surface area contributed by atoms with Gasteiger partial charge in [-0.25, -0.2) is 17.2 Å². The van der Waals surface area contributed by atoms with Crippen molar-refractivity contribution in [1.29, 1.82) is 0 Å². The predicted octanol–water partition coefficient (Wildman–Crippen LogP) is 2.38. The second-order valence-electron chi connectivity index (χ2n) is 6.56. The fourth-order valence-corrected chi connectivity index (χ4v) is 3.75. The van der Waals surface area contributed by atoms with Crippen LogP contribution in [0.2, 0.25) is 0 Å². The number of fused-ring (bicyclic) bond motifs is 1. The molecule has 29 heavy (non-hydrogen) atoms. The van der Waals surface area contributed by atoms with Crippen LogP contribution in [0.5, 0.6) is 11.5 Å². The van der Waals surface area contributed by atoms with Crippen LogP contribution in [0.15, 0.2) is 36.4 Å². The van der Waals surface area contributed by atoms with Crippen molar-refractivity contribution in [2.75, 3.05) is 30.3 Å². The van der Waals surface area contributed by atoms with E-state index in [-0.39, 0.29) is 0 Å². The molecule has 0 saturated heterocycles. The van der Waals surface area contributed by atoms with E-state index >= 15 is 0 Å². The van der Waals surface area contributed by atoms with E-state index in [9.17, 15) is 22.0 Å². The molecule has 1 atom stereocenters. The molecule has 3 rings (SSSR count). The van der Waals surface area contributed by atoms with Crippen molar-refractivity contribution >= 4 is 21.6 Å². The largest absolute Gasteiger partial charge is 0.486 e. The molecule has 1 N–H and O–H groups in total. The highest BCUT2D eigenvalue weighted by atomic mass is 32.2. The van der Waals surface area contributed by atoms with Crippen LogP contribution in [0.4, 0.5) is 14.5 Å². The van der Waals surface area contributed by atoms with Gasteiger partial charge in [-0.1, -0.05) is 6.07 Å². The van der Waals surface area contributed by atoms with Gasteiger partial charge in [0.25, 0.3) is 0 Å². The Morgan fingerprint density at radius 2 is 1.83 bits per heavy atom. The summed E-state index contributed by atoms with van der Waals surface area (Å²) in [5.74, 6) is -1.42. The molecule has 0 radical (unpaired) electrons. The molecule has 1 aliphatic heterocycles. The van der Waals surface area contributed by atoms with Crippen LogP contribution < -0.4 is 19.1 Å². The molecular weight excluding hydrogens is 406 g/mol. The van der Waals surface area contributed by atoms with Crippen molar-refractivity contribution in [3.05, 3.63) is 53.6 Å². The summed E-state index contributed by atoms with van der Waals surface area (Å²) >= 11 is 0. The number of amides is 1. The summed E-state index contributed by atoms with van der Waals surface area (Å²) in [4.78, 5) is 12.5. The van der Waals surface area contributed by atoms with Gasteiger partial charge >= 0.3 is 0 Å². The highest BCUT2D eigenvalue weighted by molar-refractivity contribution is 7.92. The summed E-state index contributed by atoms with van der Waals surface area (Å²) in [6.07, 6.45) is 0.841. The first-order valence-corrected chi connectivity index (χ1v) is 10.6. The molecule has 0 unspecified atom stereocenters. The van der Waals surface area contributed by atoms with E-state index in [0.29, 0.717) is 35.1 Å². The van der Waals surface area contributed by atoms with Gasteiger partial charge in [0.05, 0.1) is 18.0 Å². The maximum Gasteiger partial charge on any atom is 0.241 e. The number of ether oxygens (including phenoxy) is 2. The van der Waals surface area contributed by atoms with Gasteiger partial charge in [0.2, 0.25) is 15.9 Å². The fourth-order valence-electron chi connectivity index (χ4n) is 2.89. The smallest absolute Gasteiger partial charge is 0.241 e. The van der Waals surface area contributed by atoms with E-state index in [1.807, 2.05) is 0 Å². The van der Waals surface area contributed by atoms with E-state index in [4.69, 9.17) is 9.47 Å². The Hall–Kier alpha value is -2.88. The number of nitrogens with one attached hydrogen (secondary N) is 1. The van der Waals surface area contributed by atoms with Crippen molar-refractivity contribution in [2.24, 2.45) is 0 Å². The fraction of sp³-hybridized carbons (Fsp3) is 0.316. The van der Waals surface area contributed by atoms with Crippen LogP contribution in [-0.2, 0) is 14.8 Å². The van der Waals surface area contributed by atoms with Crippen molar-refractivity contribution in [2.45, 2.75) is 13.0 Å². The zero-order valence-corrected chi connectivity index (χ0v) is 16.6. The van der Waals surface area contributed by atoms with Crippen molar-refractivity contribution in [1.82, 2.24) is 5.32 Å². The van der Waals surface area contributed by atoms with Gasteiger partial charge in [0.15, 0.2) is 11.5 Å². The van der Waals surface area contributed by atoms with Crippen LogP contribution in [0, 0.1) is 11.6 Å². The number of benzene rings is 2. The van der Waals surface area contributed by atoms with E-state index in [2.05, 4.69) is 5.32 Å². The number of carbonyl (C=O) groups excluding carboxylic acids is 1. The number of anilines is 1. The van der Waals surface area contributed by atoms with Gasteiger partial charge in [-0.15, -0.1) is 0 Å². The summed E-state index contributed by atoms with van der Waals surface area (Å²) in [5.41, 5.74) is 0.317. The van der Waals surface area contributed by atoms with Gasteiger partial charge in [-0.2, -0.15) is 0 Å². The van der Waals surface area contributed by atoms with E-state index in [1.165, 1.54) is 0 Å². The minimum atomic E-state index is -3.99. The Balaban J connectivity index is 1.75. The predicted molar refractivity (Wildman–Crippen MR) is 103 cm³/mol. The molecule has 2 aromatic carbocycles. The Morgan fingerprint density at radius 1 is 1.14 bits per heavy atom. The summed E-state index contributed by atoms with van der Waals surface area (Å²) in [7, 11) is -3.99. The molecule has 2 aromatic rings. The summed E-state index contributed by atoms with van der Waals surface area (Å²) in [5, 5.41) is 2.67. The van der Waals surface area contributed by atoms with Gasteiger partial charge < -0.3 is 14.8 Å². The number of sulfonamides is 1. The zero-order chi connectivity index (χ0) is 21.2. The van der Waals surface area contributed by atoms with Crippen molar-refractivity contribution in [3.63, 3.8) is 0 Å². The minimum Gasteiger partial charge on any atom is -0.486 e. The quantitative estimate of drug-likeness (QED) is 0.767. The standard InChI is InChI=1S/C19H20F2N2O5S/c1-12(13-3-6-17-18(9-13)28-8-7-27-17)22-19(24)11-23(29(2,25)26)16-5-4-14(20)10-15(16)21/h3-6,9-10,12H,7-8,11H2,1-2H3,(H,22,24)/t12-/m1/s1. The monoisotopic (exact) mass is 426 g/mol. The molecule has 7 nitrogen and oxygen atoms in total. The third-order valence-corrected chi connectivity index (χ3v) is 5.44. The maximum absolute atomic E-state index is 14.1. The van der Waals surface area contributed by atoms with Crippen LogP contribution in [-0.4, -0.2) is 40.3 Å². The number of hydrogen-bond acceptors (Lipinski definition) is 5. The number of nitrogens with zero attached hydrogens (tertiary/aromatic N) is 1. The number of rotatable bonds is 6. The number of carbonyl (C=O) groups is 1. The van der Waals surface area contributed by atoms with Gasteiger partial charge in [0.1, 0.15) is 31.4 Å². The molecular formula is C19H20F2N2O5S. The number of halogens is 2. The molecule has 0 fully saturated rings.